The van der Waals surface area contributed by atoms with Crippen LogP contribution in [0.4, 0.5) is 0 Å². The van der Waals surface area contributed by atoms with Gasteiger partial charge in [-0.2, -0.15) is 0 Å². The van der Waals surface area contributed by atoms with Gasteiger partial charge in [-0.3, -0.25) is 9.97 Å². The van der Waals surface area contributed by atoms with Crippen LogP contribution in [0.1, 0.15) is 25.3 Å². The molecule has 1 aliphatic rings. The maximum atomic E-state index is 4.35. The molecule has 0 bridgehead atoms. The van der Waals surface area contributed by atoms with E-state index < -0.39 is 0 Å². The van der Waals surface area contributed by atoms with E-state index in [1.165, 1.54) is 23.1 Å². The molecule has 0 N–H and O–H groups in total. The molecule has 0 amide bonds. The van der Waals surface area contributed by atoms with Gasteiger partial charge in [0.2, 0.25) is 0 Å². The highest BCUT2D eigenvalue weighted by molar-refractivity contribution is 5.83. The molecule has 0 unspecified atom stereocenters. The first-order chi connectivity index (χ1) is 8.33. The van der Waals surface area contributed by atoms with E-state index in [1.807, 2.05) is 6.07 Å². The average molecular weight is 222 g/mol. The maximum absolute atomic E-state index is 4.35. The van der Waals surface area contributed by atoms with E-state index in [4.69, 9.17) is 0 Å². The lowest BCUT2D eigenvalue weighted by Gasteiger charge is -2.11. The quantitative estimate of drug-likeness (QED) is 0.734. The monoisotopic (exact) mass is 222 g/mol. The van der Waals surface area contributed by atoms with Gasteiger partial charge in [0.1, 0.15) is 0 Å². The fourth-order valence-electron chi connectivity index (χ4n) is 2.20. The molecule has 1 aromatic heterocycles. The van der Waals surface area contributed by atoms with Crippen molar-refractivity contribution in [2.24, 2.45) is 0 Å². The van der Waals surface area contributed by atoms with E-state index in [1.54, 1.807) is 12.4 Å². The lowest BCUT2D eigenvalue weighted by atomic mass is 9.95. The van der Waals surface area contributed by atoms with Gasteiger partial charge in [0.05, 0.1) is 11.0 Å². The van der Waals surface area contributed by atoms with Crippen molar-refractivity contribution < 1.29 is 0 Å². The van der Waals surface area contributed by atoms with E-state index in [0.29, 0.717) is 0 Å². The highest BCUT2D eigenvalue weighted by Gasteiger charge is 2.05. The number of fused-ring (bicyclic) bond motifs is 1. The molecule has 0 fully saturated rings. The predicted molar refractivity (Wildman–Crippen MR) is 70.5 cm³/mol. The highest BCUT2D eigenvalue weighted by Crippen LogP contribution is 2.26. The zero-order chi connectivity index (χ0) is 11.7. The summed E-state index contributed by atoms with van der Waals surface area (Å²) in [6.07, 6.45) is 10.3. The molecule has 17 heavy (non-hydrogen) atoms. The summed E-state index contributed by atoms with van der Waals surface area (Å²) in [6.45, 7) is 2.19. The van der Waals surface area contributed by atoms with Gasteiger partial charge in [-0.25, -0.2) is 0 Å². The van der Waals surface area contributed by atoms with Crippen molar-refractivity contribution in [2.75, 3.05) is 0 Å². The second-order valence-corrected chi connectivity index (χ2v) is 4.45. The van der Waals surface area contributed by atoms with Gasteiger partial charge >= 0.3 is 0 Å². The maximum Gasteiger partial charge on any atom is 0.0892 e. The summed E-state index contributed by atoms with van der Waals surface area (Å²) in [7, 11) is 0. The van der Waals surface area contributed by atoms with Crippen LogP contribution in [0, 0.1) is 0 Å². The minimum absolute atomic E-state index is 0.952. The summed E-state index contributed by atoms with van der Waals surface area (Å²) in [5.74, 6) is 0. The number of hydrogen-bond donors (Lipinski definition) is 0. The number of aromatic nitrogens is 2. The minimum Gasteiger partial charge on any atom is -0.253 e. The van der Waals surface area contributed by atoms with Gasteiger partial charge < -0.3 is 0 Å². The van der Waals surface area contributed by atoms with E-state index in [-0.39, 0.29) is 0 Å². The van der Waals surface area contributed by atoms with Gasteiger partial charge in [-0.05, 0) is 43.0 Å². The van der Waals surface area contributed by atoms with Crippen molar-refractivity contribution in [3.63, 3.8) is 0 Å². The first kappa shape index (κ1) is 10.2. The zero-order valence-electron chi connectivity index (χ0n) is 9.85. The Morgan fingerprint density at radius 1 is 1.06 bits per heavy atom. The Kier molecular flexibility index (Phi) is 2.48. The molecule has 0 radical (unpaired) electrons. The average Bonchev–Trinajstić information content (AvgIpc) is 2.38. The van der Waals surface area contributed by atoms with Crippen LogP contribution in [0.2, 0.25) is 0 Å². The molecule has 0 spiro atoms. The van der Waals surface area contributed by atoms with Gasteiger partial charge in [-0.15, -0.1) is 0 Å². The Morgan fingerprint density at radius 3 is 2.71 bits per heavy atom. The van der Waals surface area contributed by atoms with Crippen LogP contribution >= 0.6 is 0 Å². The number of nitrogens with zero attached hydrogens (tertiary/aromatic N) is 2. The normalized spacial score (nSPS) is 15.6. The Hall–Kier alpha value is -1.96. The van der Waals surface area contributed by atoms with E-state index in [0.717, 1.165) is 17.5 Å². The van der Waals surface area contributed by atoms with Crippen molar-refractivity contribution in [3.8, 4) is 0 Å². The minimum atomic E-state index is 0.952. The summed E-state index contributed by atoms with van der Waals surface area (Å²) in [6, 6.07) is 6.28. The summed E-state index contributed by atoms with van der Waals surface area (Å²) in [5.41, 5.74) is 5.90. The third-order valence-corrected chi connectivity index (χ3v) is 3.11. The zero-order valence-corrected chi connectivity index (χ0v) is 9.85. The number of rotatable bonds is 1. The summed E-state index contributed by atoms with van der Waals surface area (Å²) < 4.78 is 0. The van der Waals surface area contributed by atoms with Crippen molar-refractivity contribution in [3.05, 3.63) is 53.9 Å². The van der Waals surface area contributed by atoms with Crippen molar-refractivity contribution >= 4 is 16.6 Å². The van der Waals surface area contributed by atoms with E-state index >= 15 is 0 Å². The topological polar surface area (TPSA) is 25.8 Å². The molecule has 0 aliphatic heterocycles. The molecule has 1 heterocycles. The van der Waals surface area contributed by atoms with Crippen LogP contribution in [0.3, 0.4) is 0 Å². The summed E-state index contributed by atoms with van der Waals surface area (Å²) >= 11 is 0. The highest BCUT2D eigenvalue weighted by atomic mass is 14.8. The van der Waals surface area contributed by atoms with Crippen LogP contribution in [-0.2, 0) is 0 Å². The first-order valence-corrected chi connectivity index (χ1v) is 5.91. The molecule has 0 atom stereocenters. The van der Waals surface area contributed by atoms with Gasteiger partial charge in [0, 0.05) is 12.4 Å². The number of benzene rings is 1. The van der Waals surface area contributed by atoms with Crippen molar-refractivity contribution in [2.45, 2.75) is 19.8 Å². The molecular formula is C15H14N2. The molecule has 1 aliphatic carbocycles. The molecule has 0 saturated carbocycles. The van der Waals surface area contributed by atoms with E-state index in [9.17, 15) is 0 Å². The number of allylic oxidation sites excluding steroid dienone is 4. The fraction of sp³-hybridized carbons (Fsp3) is 0.200. The van der Waals surface area contributed by atoms with Crippen LogP contribution in [-0.4, -0.2) is 9.97 Å². The predicted octanol–water partition coefficient (Wildman–Crippen LogP) is 3.75. The molecular weight excluding hydrogens is 208 g/mol. The van der Waals surface area contributed by atoms with Crippen LogP contribution in [0.15, 0.2) is 48.3 Å². The Bertz CT molecular complexity index is 624. The molecule has 2 heteroatoms. The number of hydrogen-bond acceptors (Lipinski definition) is 2. The molecule has 2 nitrogen and oxygen atoms in total. The van der Waals surface area contributed by atoms with Crippen LogP contribution in [0.5, 0.6) is 0 Å². The van der Waals surface area contributed by atoms with Crippen molar-refractivity contribution in [1.82, 2.24) is 9.97 Å². The Balaban J connectivity index is 2.09. The standard InChI is InChI=1S/C15H14N2/c1-11-3-2-4-12(9-11)13-5-6-14-15(10-13)17-8-7-16-14/h4-10H,2-3H2,1H3. The van der Waals surface area contributed by atoms with Gasteiger partial charge in [-0.1, -0.05) is 23.8 Å². The summed E-state index contributed by atoms with van der Waals surface area (Å²) in [4.78, 5) is 8.63. The van der Waals surface area contributed by atoms with Crippen LogP contribution < -0.4 is 0 Å². The molecule has 2 aromatic rings. The lowest BCUT2D eigenvalue weighted by Crippen LogP contribution is -1.91. The van der Waals surface area contributed by atoms with E-state index in [2.05, 4.69) is 41.2 Å². The molecule has 1 aromatic carbocycles. The van der Waals surface area contributed by atoms with Gasteiger partial charge in [0.25, 0.3) is 0 Å². The second-order valence-electron chi connectivity index (χ2n) is 4.45. The second kappa shape index (κ2) is 4.13. The van der Waals surface area contributed by atoms with Crippen molar-refractivity contribution in [1.29, 1.82) is 0 Å². The molecule has 84 valence electrons. The molecule has 3 rings (SSSR count). The smallest absolute Gasteiger partial charge is 0.0892 e. The first-order valence-electron chi connectivity index (χ1n) is 5.91. The lowest BCUT2D eigenvalue weighted by molar-refractivity contribution is 0.966. The fourth-order valence-corrected chi connectivity index (χ4v) is 2.20. The molecule has 0 saturated heterocycles. The third-order valence-electron chi connectivity index (χ3n) is 3.11. The SMILES string of the molecule is CC1=CC(c2ccc3nccnc3c2)=CCC1. The Morgan fingerprint density at radius 2 is 1.88 bits per heavy atom. The van der Waals surface area contributed by atoms with Crippen LogP contribution in [0.25, 0.3) is 16.6 Å². The van der Waals surface area contributed by atoms with Gasteiger partial charge in [0.15, 0.2) is 0 Å². The summed E-state index contributed by atoms with van der Waals surface area (Å²) in [5, 5.41) is 0. The largest absolute Gasteiger partial charge is 0.253 e. The Labute approximate surface area is 101 Å². The third kappa shape index (κ3) is 1.98.